The smallest absolute Gasteiger partial charge is 0.120 e. The fourth-order valence-electron chi connectivity index (χ4n) is 2.09. The van der Waals surface area contributed by atoms with E-state index in [4.69, 9.17) is 4.74 Å². The van der Waals surface area contributed by atoms with E-state index in [0.717, 1.165) is 11.4 Å². The third kappa shape index (κ3) is 3.30. The normalized spacial score (nSPS) is 11.4. The van der Waals surface area contributed by atoms with Gasteiger partial charge in [0, 0.05) is 18.3 Å². The summed E-state index contributed by atoms with van der Waals surface area (Å²) in [5, 5.41) is 9.25. The van der Waals surface area contributed by atoms with Gasteiger partial charge in [0.2, 0.25) is 0 Å². The molecule has 0 bridgehead atoms. The number of benzene rings is 2. The first-order valence-electron chi connectivity index (χ1n) is 6.59. The van der Waals surface area contributed by atoms with E-state index >= 15 is 0 Å². The topological polar surface area (TPSA) is 36.3 Å². The molecule has 1 atom stereocenters. The number of nitrogens with zero attached hydrogens (tertiary/aromatic N) is 2. The molecular weight excluding hydrogens is 248 g/mol. The zero-order valence-corrected chi connectivity index (χ0v) is 11.8. The first-order chi connectivity index (χ1) is 9.74. The molecule has 102 valence electrons. The molecule has 2 rings (SSSR count). The van der Waals surface area contributed by atoms with Crippen molar-refractivity contribution in [3.63, 3.8) is 0 Å². The summed E-state index contributed by atoms with van der Waals surface area (Å²) < 4.78 is 5.26. The Balaban J connectivity index is 2.30. The van der Waals surface area contributed by atoms with Crippen molar-refractivity contribution in [2.45, 2.75) is 19.5 Å². The van der Waals surface area contributed by atoms with E-state index in [-0.39, 0.29) is 6.04 Å². The number of methoxy groups -OCH3 is 1. The van der Waals surface area contributed by atoms with Gasteiger partial charge in [-0.15, -0.1) is 0 Å². The van der Waals surface area contributed by atoms with Crippen molar-refractivity contribution in [2.75, 3.05) is 12.0 Å². The third-order valence-corrected chi connectivity index (χ3v) is 3.24. The fraction of sp³-hybridized carbons (Fsp3) is 0.235. The first kappa shape index (κ1) is 14.0. The van der Waals surface area contributed by atoms with Crippen LogP contribution in [0.3, 0.4) is 0 Å². The summed E-state index contributed by atoms with van der Waals surface area (Å²) in [5.41, 5.74) is 2.17. The van der Waals surface area contributed by atoms with Gasteiger partial charge in [-0.05, 0) is 24.6 Å². The van der Waals surface area contributed by atoms with Crippen LogP contribution < -0.4 is 9.64 Å². The highest BCUT2D eigenvalue weighted by Crippen LogP contribution is 2.24. The molecule has 0 fully saturated rings. The highest BCUT2D eigenvalue weighted by molar-refractivity contribution is 5.53. The molecule has 0 N–H and O–H groups in total. The maximum atomic E-state index is 9.25. The Morgan fingerprint density at radius 2 is 1.90 bits per heavy atom. The minimum atomic E-state index is -0.206. The van der Waals surface area contributed by atoms with Crippen molar-refractivity contribution in [1.82, 2.24) is 0 Å². The molecule has 0 aliphatic rings. The molecule has 0 saturated carbocycles. The SMILES string of the molecule is COc1cccc(N(Cc2ccccc2)C(C)C#N)c1. The van der Waals surface area contributed by atoms with Crippen molar-refractivity contribution >= 4 is 5.69 Å². The van der Waals surface area contributed by atoms with E-state index in [1.165, 1.54) is 5.56 Å². The summed E-state index contributed by atoms with van der Waals surface area (Å²) >= 11 is 0. The largest absolute Gasteiger partial charge is 0.497 e. The van der Waals surface area contributed by atoms with Gasteiger partial charge in [0.15, 0.2) is 0 Å². The van der Waals surface area contributed by atoms with Crippen LogP contribution in [-0.2, 0) is 6.54 Å². The minimum Gasteiger partial charge on any atom is -0.497 e. The summed E-state index contributed by atoms with van der Waals surface area (Å²) in [6.45, 7) is 2.60. The summed E-state index contributed by atoms with van der Waals surface area (Å²) in [5.74, 6) is 0.797. The van der Waals surface area contributed by atoms with Crippen LogP contribution in [0.15, 0.2) is 54.6 Å². The molecule has 1 unspecified atom stereocenters. The van der Waals surface area contributed by atoms with E-state index in [1.807, 2.05) is 49.4 Å². The summed E-state index contributed by atoms with van der Waals surface area (Å²) in [7, 11) is 1.65. The third-order valence-electron chi connectivity index (χ3n) is 3.24. The molecule has 20 heavy (non-hydrogen) atoms. The first-order valence-corrected chi connectivity index (χ1v) is 6.59. The second kappa shape index (κ2) is 6.63. The lowest BCUT2D eigenvalue weighted by Gasteiger charge is -2.27. The molecule has 2 aromatic carbocycles. The van der Waals surface area contributed by atoms with E-state index < -0.39 is 0 Å². The number of rotatable bonds is 5. The summed E-state index contributed by atoms with van der Waals surface area (Å²) in [6.07, 6.45) is 0. The minimum absolute atomic E-state index is 0.206. The average molecular weight is 266 g/mol. The molecule has 0 amide bonds. The molecule has 0 saturated heterocycles. The lowest BCUT2D eigenvalue weighted by atomic mass is 10.1. The molecular formula is C17H18N2O. The Labute approximate surface area is 120 Å². The second-order valence-electron chi connectivity index (χ2n) is 4.62. The predicted molar refractivity (Wildman–Crippen MR) is 80.7 cm³/mol. The lowest BCUT2D eigenvalue weighted by molar-refractivity contribution is 0.414. The Kier molecular flexibility index (Phi) is 4.62. The summed E-state index contributed by atoms with van der Waals surface area (Å²) in [6, 6.07) is 20.0. The van der Waals surface area contributed by atoms with Gasteiger partial charge in [-0.25, -0.2) is 0 Å². The highest BCUT2D eigenvalue weighted by atomic mass is 16.5. The number of nitriles is 1. The lowest BCUT2D eigenvalue weighted by Crippen LogP contribution is -2.31. The molecule has 0 aliphatic carbocycles. The van der Waals surface area contributed by atoms with Crippen LogP contribution in [0.25, 0.3) is 0 Å². The standard InChI is InChI=1S/C17H18N2O/c1-14(12-18)19(13-15-7-4-3-5-8-15)16-9-6-10-17(11-16)20-2/h3-11,14H,13H2,1-2H3. The highest BCUT2D eigenvalue weighted by Gasteiger charge is 2.15. The number of ether oxygens (including phenoxy) is 1. The predicted octanol–water partition coefficient (Wildman–Crippen LogP) is 3.61. The molecule has 0 radical (unpaired) electrons. The number of hydrogen-bond donors (Lipinski definition) is 0. The van der Waals surface area contributed by atoms with Gasteiger partial charge in [-0.1, -0.05) is 36.4 Å². The van der Waals surface area contributed by atoms with Crippen molar-refractivity contribution in [2.24, 2.45) is 0 Å². The Bertz CT molecular complexity index is 589. The van der Waals surface area contributed by atoms with Gasteiger partial charge in [0.25, 0.3) is 0 Å². The van der Waals surface area contributed by atoms with Crippen molar-refractivity contribution in [3.05, 3.63) is 60.2 Å². The maximum Gasteiger partial charge on any atom is 0.120 e. The van der Waals surface area contributed by atoms with Crippen LogP contribution >= 0.6 is 0 Å². The van der Waals surface area contributed by atoms with Crippen molar-refractivity contribution in [3.8, 4) is 11.8 Å². The molecule has 0 spiro atoms. The number of hydrogen-bond acceptors (Lipinski definition) is 3. The van der Waals surface area contributed by atoms with E-state index in [1.54, 1.807) is 7.11 Å². The summed E-state index contributed by atoms with van der Waals surface area (Å²) in [4.78, 5) is 2.07. The van der Waals surface area contributed by atoms with Gasteiger partial charge in [-0.2, -0.15) is 5.26 Å². The van der Waals surface area contributed by atoms with Crippen molar-refractivity contribution in [1.29, 1.82) is 5.26 Å². The van der Waals surface area contributed by atoms with Gasteiger partial charge in [-0.3, -0.25) is 0 Å². The van der Waals surface area contributed by atoms with Gasteiger partial charge >= 0.3 is 0 Å². The van der Waals surface area contributed by atoms with Gasteiger partial charge in [0.1, 0.15) is 11.8 Å². The molecule has 0 heterocycles. The van der Waals surface area contributed by atoms with Gasteiger partial charge < -0.3 is 9.64 Å². The Morgan fingerprint density at radius 1 is 1.15 bits per heavy atom. The average Bonchev–Trinajstić information content (AvgIpc) is 2.53. The van der Waals surface area contributed by atoms with Crippen LogP contribution in [0.5, 0.6) is 5.75 Å². The monoisotopic (exact) mass is 266 g/mol. The zero-order chi connectivity index (χ0) is 14.4. The maximum absolute atomic E-state index is 9.25. The van der Waals surface area contributed by atoms with E-state index in [0.29, 0.717) is 6.54 Å². The van der Waals surface area contributed by atoms with Crippen LogP contribution in [0.1, 0.15) is 12.5 Å². The van der Waals surface area contributed by atoms with E-state index in [9.17, 15) is 5.26 Å². The quantitative estimate of drug-likeness (QED) is 0.829. The Morgan fingerprint density at radius 3 is 2.55 bits per heavy atom. The molecule has 0 aromatic heterocycles. The fourth-order valence-corrected chi connectivity index (χ4v) is 2.09. The van der Waals surface area contributed by atoms with E-state index in [2.05, 4.69) is 23.1 Å². The molecule has 3 heteroatoms. The second-order valence-corrected chi connectivity index (χ2v) is 4.62. The molecule has 2 aromatic rings. The van der Waals surface area contributed by atoms with Crippen LogP contribution in [0.2, 0.25) is 0 Å². The van der Waals surface area contributed by atoms with Crippen molar-refractivity contribution < 1.29 is 4.74 Å². The molecule has 0 aliphatic heterocycles. The number of anilines is 1. The zero-order valence-electron chi connectivity index (χ0n) is 11.8. The van der Waals surface area contributed by atoms with Crippen LogP contribution in [-0.4, -0.2) is 13.2 Å². The van der Waals surface area contributed by atoms with Crippen LogP contribution in [0, 0.1) is 11.3 Å². The van der Waals surface area contributed by atoms with Gasteiger partial charge in [0.05, 0.1) is 13.2 Å². The molecule has 3 nitrogen and oxygen atoms in total. The Hall–Kier alpha value is -2.47. The van der Waals surface area contributed by atoms with Crippen LogP contribution in [0.4, 0.5) is 5.69 Å².